The zero-order valence-electron chi connectivity index (χ0n) is 15.1. The summed E-state index contributed by atoms with van der Waals surface area (Å²) in [6.45, 7) is 8.38. The summed E-state index contributed by atoms with van der Waals surface area (Å²) in [4.78, 5) is 0.792. The summed E-state index contributed by atoms with van der Waals surface area (Å²) >= 11 is 7.50. The van der Waals surface area contributed by atoms with E-state index >= 15 is 0 Å². The predicted octanol–water partition coefficient (Wildman–Crippen LogP) is 4.49. The molecule has 0 aliphatic heterocycles. The van der Waals surface area contributed by atoms with Gasteiger partial charge >= 0.3 is 0 Å². The normalized spacial score (nSPS) is 11.8. The van der Waals surface area contributed by atoms with Crippen LogP contribution in [0.3, 0.4) is 0 Å². The molecule has 0 amide bonds. The first-order valence-corrected chi connectivity index (χ1v) is 9.65. The van der Waals surface area contributed by atoms with Crippen molar-refractivity contribution in [2.24, 2.45) is 0 Å². The van der Waals surface area contributed by atoms with Crippen LogP contribution in [0.15, 0.2) is 24.3 Å². The number of halogens is 1. The van der Waals surface area contributed by atoms with Gasteiger partial charge in [-0.05, 0) is 45.4 Å². The van der Waals surface area contributed by atoms with Crippen LogP contribution in [-0.4, -0.2) is 29.6 Å². The molecule has 0 bridgehead atoms. The van der Waals surface area contributed by atoms with E-state index in [9.17, 15) is 0 Å². The van der Waals surface area contributed by atoms with E-state index in [0.29, 0.717) is 12.5 Å². The number of aromatic nitrogens is 6. The molecule has 0 N–H and O–H groups in total. The molecular weight excluding hydrogens is 368 g/mol. The first kappa shape index (κ1) is 17.2. The van der Waals surface area contributed by atoms with Crippen LogP contribution >= 0.6 is 22.9 Å². The van der Waals surface area contributed by atoms with Gasteiger partial charge in [0.25, 0.3) is 0 Å². The number of hydrogen-bond donors (Lipinski definition) is 0. The molecule has 0 aliphatic rings. The van der Waals surface area contributed by atoms with Gasteiger partial charge in [0.1, 0.15) is 0 Å². The van der Waals surface area contributed by atoms with Crippen LogP contribution in [0.5, 0.6) is 0 Å². The van der Waals surface area contributed by atoms with Crippen molar-refractivity contribution < 1.29 is 0 Å². The maximum atomic E-state index is 5.96. The zero-order valence-corrected chi connectivity index (χ0v) is 16.6. The Bertz CT molecular complexity index is 1070. The van der Waals surface area contributed by atoms with E-state index in [0.717, 1.165) is 43.3 Å². The van der Waals surface area contributed by atoms with Gasteiger partial charge in [0.15, 0.2) is 10.8 Å². The third-order valence-electron chi connectivity index (χ3n) is 4.36. The molecule has 134 valence electrons. The van der Waals surface area contributed by atoms with Crippen LogP contribution in [0.25, 0.3) is 15.5 Å². The Morgan fingerprint density at radius 3 is 2.46 bits per heavy atom. The molecule has 1 aromatic carbocycles. The van der Waals surface area contributed by atoms with Gasteiger partial charge in [0, 0.05) is 23.2 Å². The molecule has 0 unspecified atom stereocenters. The molecule has 3 aromatic heterocycles. The van der Waals surface area contributed by atoms with E-state index in [1.54, 1.807) is 11.3 Å². The lowest BCUT2D eigenvalue weighted by molar-refractivity contribution is 0.516. The largest absolute Gasteiger partial charge is 0.266 e. The molecule has 0 aliphatic carbocycles. The molecule has 0 atom stereocenters. The Hall–Kier alpha value is -2.25. The monoisotopic (exact) mass is 386 g/mol. The highest BCUT2D eigenvalue weighted by atomic mass is 35.5. The van der Waals surface area contributed by atoms with Gasteiger partial charge in [0.2, 0.25) is 4.96 Å². The Kier molecular flexibility index (Phi) is 4.28. The van der Waals surface area contributed by atoms with Crippen molar-refractivity contribution in [2.45, 2.75) is 40.2 Å². The van der Waals surface area contributed by atoms with E-state index in [1.165, 1.54) is 0 Å². The number of fused-ring (bicyclic) bond motifs is 1. The van der Waals surface area contributed by atoms with Gasteiger partial charge in [-0.2, -0.15) is 14.7 Å². The van der Waals surface area contributed by atoms with E-state index in [-0.39, 0.29) is 0 Å². The van der Waals surface area contributed by atoms with Gasteiger partial charge in [-0.3, -0.25) is 4.68 Å². The molecule has 6 nitrogen and oxygen atoms in total. The molecule has 3 heterocycles. The Balaban J connectivity index is 1.73. The number of aryl methyl sites for hydroxylation is 1. The molecule has 0 radical (unpaired) electrons. The smallest absolute Gasteiger partial charge is 0.234 e. The second-order valence-corrected chi connectivity index (χ2v) is 8.00. The van der Waals surface area contributed by atoms with Crippen LogP contribution < -0.4 is 0 Å². The van der Waals surface area contributed by atoms with Crippen LogP contribution in [0.4, 0.5) is 0 Å². The molecule has 4 aromatic rings. The predicted molar refractivity (Wildman–Crippen MR) is 104 cm³/mol. The van der Waals surface area contributed by atoms with Gasteiger partial charge < -0.3 is 0 Å². The van der Waals surface area contributed by atoms with Gasteiger partial charge in [-0.1, -0.05) is 35.1 Å². The third kappa shape index (κ3) is 2.91. The number of rotatable bonds is 4. The van der Waals surface area contributed by atoms with Crippen molar-refractivity contribution in [3.05, 3.63) is 52.1 Å². The first-order chi connectivity index (χ1) is 12.4. The lowest BCUT2D eigenvalue weighted by atomic mass is 10.1. The molecule has 8 heteroatoms. The maximum Gasteiger partial charge on any atom is 0.234 e. The Morgan fingerprint density at radius 1 is 1.08 bits per heavy atom. The standard InChI is InChI=1S/C18H19ClN6S/c1-10(2)24-12(4)16(11(3)22-24)17-23-25-15(20-21-18(25)26-17)9-13-5-7-14(19)8-6-13/h5-8,10H,9H2,1-4H3. The average molecular weight is 387 g/mol. The lowest BCUT2D eigenvalue weighted by Crippen LogP contribution is -2.04. The fourth-order valence-electron chi connectivity index (χ4n) is 3.13. The summed E-state index contributed by atoms with van der Waals surface area (Å²) in [6.07, 6.45) is 0.657. The minimum Gasteiger partial charge on any atom is -0.266 e. The van der Waals surface area contributed by atoms with Gasteiger partial charge in [-0.25, -0.2) is 0 Å². The lowest BCUT2D eigenvalue weighted by Gasteiger charge is -2.07. The fraction of sp³-hybridized carbons (Fsp3) is 0.333. The van der Waals surface area contributed by atoms with Crippen LogP contribution in [0.1, 0.15) is 42.7 Å². The summed E-state index contributed by atoms with van der Waals surface area (Å²) in [6, 6.07) is 8.08. The molecule has 0 saturated heterocycles. The fourth-order valence-corrected chi connectivity index (χ4v) is 4.26. The van der Waals surface area contributed by atoms with Crippen molar-refractivity contribution in [2.75, 3.05) is 0 Å². The molecular formula is C18H19ClN6S. The van der Waals surface area contributed by atoms with Crippen LogP contribution in [0, 0.1) is 13.8 Å². The van der Waals surface area contributed by atoms with Crippen molar-refractivity contribution in [1.82, 2.24) is 29.6 Å². The summed E-state index contributed by atoms with van der Waals surface area (Å²) in [7, 11) is 0. The Morgan fingerprint density at radius 2 is 1.81 bits per heavy atom. The highest BCUT2D eigenvalue weighted by Gasteiger charge is 2.20. The summed E-state index contributed by atoms with van der Waals surface area (Å²) in [5, 5.41) is 19.7. The maximum absolute atomic E-state index is 5.96. The van der Waals surface area contributed by atoms with Crippen molar-refractivity contribution in [3.63, 3.8) is 0 Å². The van der Waals surface area contributed by atoms with E-state index in [4.69, 9.17) is 16.7 Å². The highest BCUT2D eigenvalue weighted by molar-refractivity contribution is 7.19. The SMILES string of the molecule is Cc1nn(C(C)C)c(C)c1-c1nn2c(Cc3ccc(Cl)cc3)nnc2s1. The van der Waals surface area contributed by atoms with Crippen molar-refractivity contribution in [1.29, 1.82) is 0 Å². The second-order valence-electron chi connectivity index (χ2n) is 6.61. The molecule has 4 rings (SSSR count). The van der Waals surface area contributed by atoms with E-state index in [2.05, 4.69) is 36.1 Å². The van der Waals surface area contributed by atoms with E-state index in [1.807, 2.05) is 40.4 Å². The Labute approximate surface area is 160 Å². The third-order valence-corrected chi connectivity index (χ3v) is 5.53. The number of nitrogens with zero attached hydrogens (tertiary/aromatic N) is 6. The molecule has 0 fully saturated rings. The molecule has 0 spiro atoms. The van der Waals surface area contributed by atoms with Crippen molar-refractivity contribution >= 4 is 27.9 Å². The summed E-state index contributed by atoms with van der Waals surface area (Å²) in [5.41, 5.74) is 4.33. The van der Waals surface area contributed by atoms with Gasteiger partial charge in [-0.15, -0.1) is 10.2 Å². The quantitative estimate of drug-likeness (QED) is 0.518. The minimum atomic E-state index is 0.314. The topological polar surface area (TPSA) is 60.9 Å². The van der Waals surface area contributed by atoms with Crippen LogP contribution in [-0.2, 0) is 6.42 Å². The van der Waals surface area contributed by atoms with E-state index < -0.39 is 0 Å². The molecule has 0 saturated carbocycles. The molecule has 26 heavy (non-hydrogen) atoms. The number of benzene rings is 1. The van der Waals surface area contributed by atoms with Crippen molar-refractivity contribution in [3.8, 4) is 10.6 Å². The summed E-state index contributed by atoms with van der Waals surface area (Å²) < 4.78 is 3.88. The van der Waals surface area contributed by atoms with Gasteiger partial charge in [0.05, 0.1) is 11.3 Å². The average Bonchev–Trinajstić information content (AvgIpc) is 3.24. The first-order valence-electron chi connectivity index (χ1n) is 8.45. The minimum absolute atomic E-state index is 0.314. The summed E-state index contributed by atoms with van der Waals surface area (Å²) in [5.74, 6) is 0.816. The number of hydrogen-bond acceptors (Lipinski definition) is 5. The zero-order chi connectivity index (χ0) is 18.4. The van der Waals surface area contributed by atoms with Crippen LogP contribution in [0.2, 0.25) is 5.02 Å². The second kappa shape index (κ2) is 6.48. The highest BCUT2D eigenvalue weighted by Crippen LogP contribution is 2.32.